The fourth-order valence-electron chi connectivity index (χ4n) is 3.76. The number of nitrogens with zero attached hydrogens (tertiary/aromatic N) is 6. The van der Waals surface area contributed by atoms with Crippen LogP contribution in [-0.2, 0) is 4.79 Å². The number of benzene rings is 2. The fraction of sp³-hybridized carbons (Fsp3) is 0.231. The van der Waals surface area contributed by atoms with Crippen molar-refractivity contribution in [2.75, 3.05) is 45.4 Å². The summed E-state index contributed by atoms with van der Waals surface area (Å²) in [6.45, 7) is 2.67. The number of methoxy groups -OCH3 is 1. The molecule has 0 bridgehead atoms. The number of carbonyl (C=O) groups is 1. The number of amides is 1. The van der Waals surface area contributed by atoms with Crippen molar-refractivity contribution in [3.05, 3.63) is 66.5 Å². The molecule has 0 unspecified atom stereocenters. The van der Waals surface area contributed by atoms with Gasteiger partial charge in [-0.1, -0.05) is 24.3 Å². The lowest BCUT2D eigenvalue weighted by Gasteiger charge is -2.16. The highest BCUT2D eigenvalue weighted by molar-refractivity contribution is 6.01. The van der Waals surface area contributed by atoms with E-state index in [1.807, 2.05) is 74.5 Å². The molecule has 35 heavy (non-hydrogen) atoms. The Morgan fingerprint density at radius 1 is 1.14 bits per heavy atom. The normalized spacial score (nSPS) is 11.5. The number of rotatable bonds is 7. The van der Waals surface area contributed by atoms with Gasteiger partial charge >= 0.3 is 0 Å². The molecule has 0 spiro atoms. The SMILES string of the molecule is COc1cc(-c2nn(-c3cccc(N(C)C(=O)C=CCN(C)C)c3)c3ncnc(N)c23)ccc1C. The largest absolute Gasteiger partial charge is 0.496 e. The van der Waals surface area contributed by atoms with Gasteiger partial charge in [-0.2, -0.15) is 5.10 Å². The van der Waals surface area contributed by atoms with E-state index < -0.39 is 0 Å². The van der Waals surface area contributed by atoms with Gasteiger partial charge in [0.25, 0.3) is 0 Å². The minimum absolute atomic E-state index is 0.117. The van der Waals surface area contributed by atoms with Gasteiger partial charge in [-0.25, -0.2) is 14.6 Å². The van der Waals surface area contributed by atoms with Crippen molar-refractivity contribution < 1.29 is 9.53 Å². The summed E-state index contributed by atoms with van der Waals surface area (Å²) < 4.78 is 7.22. The molecule has 0 aliphatic carbocycles. The lowest BCUT2D eigenvalue weighted by Crippen LogP contribution is -2.24. The number of anilines is 2. The highest BCUT2D eigenvalue weighted by Gasteiger charge is 2.19. The maximum Gasteiger partial charge on any atom is 0.250 e. The lowest BCUT2D eigenvalue weighted by atomic mass is 10.1. The Labute approximate surface area is 204 Å². The van der Waals surface area contributed by atoms with Crippen molar-refractivity contribution in [1.82, 2.24) is 24.6 Å². The van der Waals surface area contributed by atoms with E-state index in [-0.39, 0.29) is 5.91 Å². The molecule has 180 valence electrons. The maximum atomic E-state index is 12.7. The molecular formula is C26H29N7O2. The van der Waals surface area contributed by atoms with E-state index in [2.05, 4.69) is 9.97 Å². The van der Waals surface area contributed by atoms with Crippen molar-refractivity contribution in [1.29, 1.82) is 0 Å². The molecule has 4 aromatic rings. The Hall–Kier alpha value is -4.24. The third-order valence-electron chi connectivity index (χ3n) is 5.70. The predicted molar refractivity (Wildman–Crippen MR) is 139 cm³/mol. The summed E-state index contributed by atoms with van der Waals surface area (Å²) in [4.78, 5) is 24.9. The van der Waals surface area contributed by atoms with Gasteiger partial charge in [0.1, 0.15) is 23.6 Å². The first-order valence-electron chi connectivity index (χ1n) is 11.1. The molecule has 0 aliphatic rings. The predicted octanol–water partition coefficient (Wildman–Crippen LogP) is 3.46. The number of aromatic nitrogens is 4. The zero-order valence-corrected chi connectivity index (χ0v) is 20.6. The summed E-state index contributed by atoms with van der Waals surface area (Å²) in [6.07, 6.45) is 4.84. The van der Waals surface area contributed by atoms with E-state index in [0.717, 1.165) is 28.3 Å². The van der Waals surface area contributed by atoms with Gasteiger partial charge in [0.2, 0.25) is 5.91 Å². The van der Waals surface area contributed by atoms with Crippen LogP contribution in [-0.4, -0.2) is 65.4 Å². The van der Waals surface area contributed by atoms with Crippen LogP contribution >= 0.6 is 0 Å². The second-order valence-corrected chi connectivity index (χ2v) is 8.48. The Balaban J connectivity index is 1.78. The van der Waals surface area contributed by atoms with Gasteiger partial charge in [0, 0.05) is 30.9 Å². The molecule has 2 N–H and O–H groups in total. The van der Waals surface area contributed by atoms with Gasteiger partial charge in [-0.3, -0.25) is 4.79 Å². The maximum absolute atomic E-state index is 12.7. The summed E-state index contributed by atoms with van der Waals surface area (Å²) in [6, 6.07) is 13.4. The quantitative estimate of drug-likeness (QED) is 0.412. The number of likely N-dealkylation sites (N-methyl/N-ethyl adjacent to an activating group) is 2. The minimum atomic E-state index is -0.117. The van der Waals surface area contributed by atoms with E-state index in [1.165, 1.54) is 6.33 Å². The third kappa shape index (κ3) is 4.85. The summed E-state index contributed by atoms with van der Waals surface area (Å²) in [5, 5.41) is 5.52. The van der Waals surface area contributed by atoms with Gasteiger partial charge in [-0.15, -0.1) is 0 Å². The molecule has 0 aliphatic heterocycles. The van der Waals surface area contributed by atoms with Crippen LogP contribution in [0.25, 0.3) is 28.0 Å². The van der Waals surface area contributed by atoms with Gasteiger partial charge in [0.05, 0.1) is 18.2 Å². The topological polar surface area (TPSA) is 102 Å². The molecule has 4 rings (SSSR count). The van der Waals surface area contributed by atoms with Crippen LogP contribution in [0.15, 0.2) is 60.9 Å². The number of nitrogen functional groups attached to an aromatic ring is 1. The third-order valence-corrected chi connectivity index (χ3v) is 5.70. The molecule has 0 atom stereocenters. The van der Waals surface area contributed by atoms with Crippen LogP contribution in [0.1, 0.15) is 5.56 Å². The minimum Gasteiger partial charge on any atom is -0.496 e. The molecule has 9 nitrogen and oxygen atoms in total. The lowest BCUT2D eigenvalue weighted by molar-refractivity contribution is -0.113. The van der Waals surface area contributed by atoms with Crippen LogP contribution in [0.3, 0.4) is 0 Å². The Morgan fingerprint density at radius 3 is 2.69 bits per heavy atom. The summed E-state index contributed by atoms with van der Waals surface area (Å²) in [5.41, 5.74) is 10.8. The van der Waals surface area contributed by atoms with Gasteiger partial charge in [0.15, 0.2) is 5.65 Å². The summed E-state index contributed by atoms with van der Waals surface area (Å²) in [5.74, 6) is 0.976. The molecule has 1 amide bonds. The molecule has 2 heterocycles. The zero-order valence-electron chi connectivity index (χ0n) is 20.6. The standard InChI is InChI=1S/C26H29N7O2/c1-17-11-12-18(14-21(17)35-5)24-23-25(27)28-16-29-26(23)33(30-24)20-9-6-8-19(15-20)32(4)22(34)10-7-13-31(2)3/h6-12,14-16H,13H2,1-5H3,(H2,27,28,29). The molecule has 0 saturated heterocycles. The van der Waals surface area contributed by atoms with Crippen molar-refractivity contribution in [3.63, 3.8) is 0 Å². The Kier molecular flexibility index (Phi) is 6.79. The van der Waals surface area contributed by atoms with Crippen molar-refractivity contribution >= 4 is 28.4 Å². The van der Waals surface area contributed by atoms with Gasteiger partial charge in [-0.05, 0) is 50.8 Å². The monoisotopic (exact) mass is 471 g/mol. The molecular weight excluding hydrogens is 442 g/mol. The smallest absolute Gasteiger partial charge is 0.250 e. The zero-order chi connectivity index (χ0) is 25.1. The molecule has 0 saturated carbocycles. The Morgan fingerprint density at radius 2 is 1.94 bits per heavy atom. The van der Waals surface area contributed by atoms with Crippen LogP contribution in [0, 0.1) is 6.92 Å². The first-order chi connectivity index (χ1) is 16.8. The van der Waals surface area contributed by atoms with E-state index in [0.29, 0.717) is 29.1 Å². The van der Waals surface area contributed by atoms with Crippen LogP contribution in [0.5, 0.6) is 5.75 Å². The van der Waals surface area contributed by atoms with E-state index in [4.69, 9.17) is 15.6 Å². The highest BCUT2D eigenvalue weighted by Crippen LogP contribution is 2.34. The average Bonchev–Trinajstić information content (AvgIpc) is 3.24. The number of nitrogens with two attached hydrogens (primary N) is 1. The van der Waals surface area contributed by atoms with E-state index in [9.17, 15) is 4.79 Å². The number of hydrogen-bond donors (Lipinski definition) is 1. The first-order valence-corrected chi connectivity index (χ1v) is 11.1. The molecule has 2 aromatic carbocycles. The van der Waals surface area contributed by atoms with Crippen LogP contribution in [0.2, 0.25) is 0 Å². The Bertz CT molecular complexity index is 1410. The summed E-state index contributed by atoms with van der Waals surface area (Å²) in [7, 11) is 7.29. The number of aryl methyl sites for hydroxylation is 1. The average molecular weight is 472 g/mol. The number of hydrogen-bond acceptors (Lipinski definition) is 7. The van der Waals surface area contributed by atoms with Crippen LogP contribution in [0.4, 0.5) is 11.5 Å². The number of fused-ring (bicyclic) bond motifs is 1. The van der Waals surface area contributed by atoms with Gasteiger partial charge < -0.3 is 20.3 Å². The molecule has 9 heteroatoms. The first kappa shape index (κ1) is 23.9. The number of ether oxygens (including phenoxy) is 1. The van der Waals surface area contributed by atoms with Crippen LogP contribution < -0.4 is 15.4 Å². The van der Waals surface area contributed by atoms with Crippen molar-refractivity contribution in [2.24, 2.45) is 0 Å². The molecule has 0 fully saturated rings. The summed E-state index contributed by atoms with van der Waals surface area (Å²) >= 11 is 0. The second-order valence-electron chi connectivity index (χ2n) is 8.48. The number of carbonyl (C=O) groups excluding carboxylic acids is 1. The second kappa shape index (κ2) is 9.94. The molecule has 2 aromatic heterocycles. The fourth-order valence-corrected chi connectivity index (χ4v) is 3.76. The van der Waals surface area contributed by atoms with Crippen molar-refractivity contribution in [2.45, 2.75) is 6.92 Å². The highest BCUT2D eigenvalue weighted by atomic mass is 16.5. The van der Waals surface area contributed by atoms with Crippen molar-refractivity contribution in [3.8, 4) is 22.7 Å². The van der Waals surface area contributed by atoms with E-state index >= 15 is 0 Å². The van der Waals surface area contributed by atoms with E-state index in [1.54, 1.807) is 29.8 Å². The molecule has 0 radical (unpaired) electrons.